The minimum absolute atomic E-state index is 0.0330. The number of amides is 3. The van der Waals surface area contributed by atoms with Crippen molar-refractivity contribution in [3.63, 3.8) is 0 Å². The van der Waals surface area contributed by atoms with Crippen LogP contribution in [0.1, 0.15) is 74.2 Å². The molecule has 0 saturated heterocycles. The maximum Gasteiger partial charge on any atom is 0.437 e. The minimum atomic E-state index is -0.828. The molecule has 11 nitrogen and oxygen atoms in total. The average Bonchev–Trinajstić information content (AvgIpc) is 2.91. The van der Waals surface area contributed by atoms with Gasteiger partial charge in [0.2, 0.25) is 5.96 Å². The van der Waals surface area contributed by atoms with Crippen molar-refractivity contribution in [1.82, 2.24) is 10.2 Å². The molecule has 0 aromatic heterocycles. The molecule has 0 atom stereocenters. The fraction of sp³-hybridized carbons (Fsp3) is 0.387. The summed E-state index contributed by atoms with van der Waals surface area (Å²) < 4.78 is 16.2. The van der Waals surface area contributed by atoms with Gasteiger partial charge in [-0.1, -0.05) is 24.3 Å². The predicted octanol–water partition coefficient (Wildman–Crippen LogP) is 5.66. The lowest BCUT2D eigenvalue weighted by atomic mass is 9.99. The second-order valence-corrected chi connectivity index (χ2v) is 11.6. The molecule has 11 heteroatoms. The van der Waals surface area contributed by atoms with Crippen LogP contribution in [0.5, 0.6) is 5.75 Å². The number of alkyl carbamates (subject to hydrolysis) is 1. The number of hydrogen-bond donors (Lipinski definition) is 2. The van der Waals surface area contributed by atoms with Crippen LogP contribution in [0.25, 0.3) is 5.57 Å². The molecular weight excluding hydrogens is 540 g/mol. The van der Waals surface area contributed by atoms with E-state index in [2.05, 4.69) is 15.6 Å². The van der Waals surface area contributed by atoms with E-state index in [1.54, 1.807) is 76.8 Å². The van der Waals surface area contributed by atoms with Crippen molar-refractivity contribution in [1.29, 1.82) is 0 Å². The zero-order valence-electron chi connectivity index (χ0n) is 25.1. The van der Waals surface area contributed by atoms with Crippen molar-refractivity contribution < 1.29 is 33.4 Å². The molecule has 2 aromatic carbocycles. The summed E-state index contributed by atoms with van der Waals surface area (Å²) in [6, 6.07) is 11.8. The van der Waals surface area contributed by atoms with Crippen molar-refractivity contribution in [2.45, 2.75) is 59.2 Å². The van der Waals surface area contributed by atoms with Crippen LogP contribution in [-0.4, -0.2) is 66.6 Å². The third-order valence-electron chi connectivity index (χ3n) is 5.84. The number of methoxy groups -OCH3 is 1. The largest absolute Gasteiger partial charge is 0.495 e. The Bertz CT molecular complexity index is 1380. The molecule has 3 amide bonds. The van der Waals surface area contributed by atoms with Gasteiger partial charge in [-0.05, 0) is 83.4 Å². The highest BCUT2D eigenvalue weighted by Crippen LogP contribution is 2.31. The first kappa shape index (κ1) is 31.9. The molecule has 0 saturated carbocycles. The van der Waals surface area contributed by atoms with Crippen LogP contribution < -0.4 is 15.4 Å². The maximum absolute atomic E-state index is 12.7. The highest BCUT2D eigenvalue weighted by atomic mass is 16.6. The standard InChI is InChI=1S/C31H38N4O7/c1-30(2,3)41-28(38)33-27(34-29(39)42-31(4,5)6)35-16-14-21(15-17-35)23-12-13-24(25(18-23)40-7)32-26(37)22-10-8-20(19-36)9-11-22/h8-14,18-19H,15-17H2,1-7H3,(H,32,37)(H,33,34,38,39). The summed E-state index contributed by atoms with van der Waals surface area (Å²) in [6.07, 6.45) is 1.69. The molecule has 0 aliphatic carbocycles. The summed E-state index contributed by atoms with van der Waals surface area (Å²) in [4.78, 5) is 54.3. The van der Waals surface area contributed by atoms with Gasteiger partial charge < -0.3 is 24.4 Å². The Morgan fingerprint density at radius 2 is 1.62 bits per heavy atom. The summed E-state index contributed by atoms with van der Waals surface area (Å²) in [7, 11) is 1.52. The van der Waals surface area contributed by atoms with Crippen molar-refractivity contribution in [3.05, 3.63) is 65.2 Å². The zero-order chi connectivity index (χ0) is 31.1. The molecule has 1 aliphatic heterocycles. The summed E-state index contributed by atoms with van der Waals surface area (Å²) in [5.41, 5.74) is 1.81. The number of anilines is 1. The van der Waals surface area contributed by atoms with Gasteiger partial charge in [-0.3, -0.25) is 14.9 Å². The third-order valence-corrected chi connectivity index (χ3v) is 5.84. The summed E-state index contributed by atoms with van der Waals surface area (Å²) >= 11 is 0. The van der Waals surface area contributed by atoms with Crippen LogP contribution in [0, 0.1) is 0 Å². The van der Waals surface area contributed by atoms with Gasteiger partial charge in [-0.25, -0.2) is 9.59 Å². The van der Waals surface area contributed by atoms with Gasteiger partial charge in [-0.15, -0.1) is 4.99 Å². The molecule has 0 bridgehead atoms. The number of nitrogens with one attached hydrogen (secondary N) is 2. The van der Waals surface area contributed by atoms with Gasteiger partial charge in [0.1, 0.15) is 23.2 Å². The van der Waals surface area contributed by atoms with Gasteiger partial charge in [0.25, 0.3) is 5.91 Å². The lowest BCUT2D eigenvalue weighted by Crippen LogP contribution is -2.48. The van der Waals surface area contributed by atoms with Crippen molar-refractivity contribution >= 4 is 41.6 Å². The van der Waals surface area contributed by atoms with Crippen LogP contribution in [0.3, 0.4) is 0 Å². The fourth-order valence-electron chi connectivity index (χ4n) is 3.97. The Hall–Kier alpha value is -4.67. The van der Waals surface area contributed by atoms with E-state index in [0.29, 0.717) is 42.1 Å². The number of guanidine groups is 1. The van der Waals surface area contributed by atoms with Crippen LogP contribution in [0.4, 0.5) is 15.3 Å². The van der Waals surface area contributed by atoms with Gasteiger partial charge in [0.15, 0.2) is 0 Å². The van der Waals surface area contributed by atoms with Crippen LogP contribution >= 0.6 is 0 Å². The van der Waals surface area contributed by atoms with Gasteiger partial charge in [-0.2, -0.15) is 0 Å². The SMILES string of the molecule is COc1cc(C2=CCN(/C(=N/C(=O)OC(C)(C)C)NC(=O)OC(C)(C)C)CC2)ccc1NC(=O)c1ccc(C=O)cc1. The van der Waals surface area contributed by atoms with Gasteiger partial charge in [0.05, 0.1) is 12.8 Å². The van der Waals surface area contributed by atoms with Gasteiger partial charge in [0, 0.05) is 24.2 Å². The Morgan fingerprint density at radius 1 is 0.952 bits per heavy atom. The van der Waals surface area contributed by atoms with Crippen LogP contribution in [0.2, 0.25) is 0 Å². The Morgan fingerprint density at radius 3 is 2.17 bits per heavy atom. The number of carbonyl (C=O) groups is 4. The minimum Gasteiger partial charge on any atom is -0.495 e. The lowest BCUT2D eigenvalue weighted by molar-refractivity contribution is 0.0554. The molecule has 1 aliphatic rings. The first-order valence-corrected chi connectivity index (χ1v) is 13.5. The van der Waals surface area contributed by atoms with E-state index in [1.165, 1.54) is 7.11 Å². The molecule has 0 fully saturated rings. The van der Waals surface area contributed by atoms with Gasteiger partial charge >= 0.3 is 12.2 Å². The number of benzene rings is 2. The first-order valence-electron chi connectivity index (χ1n) is 13.5. The lowest BCUT2D eigenvalue weighted by Gasteiger charge is -2.30. The average molecular weight is 579 g/mol. The molecule has 0 spiro atoms. The number of carbonyl (C=O) groups excluding carboxylic acids is 4. The molecule has 224 valence electrons. The third kappa shape index (κ3) is 9.46. The van der Waals surface area contributed by atoms with Crippen LogP contribution in [-0.2, 0) is 9.47 Å². The molecular formula is C31H38N4O7. The number of ether oxygens (including phenoxy) is 3. The fourth-order valence-corrected chi connectivity index (χ4v) is 3.97. The van der Waals surface area contributed by atoms with E-state index in [4.69, 9.17) is 14.2 Å². The van der Waals surface area contributed by atoms with E-state index >= 15 is 0 Å². The highest BCUT2D eigenvalue weighted by molar-refractivity contribution is 6.05. The predicted molar refractivity (Wildman–Crippen MR) is 160 cm³/mol. The van der Waals surface area contributed by atoms with E-state index in [0.717, 1.165) is 17.4 Å². The normalized spacial score (nSPS) is 13.9. The number of aliphatic imine (C=N–C) groups is 1. The highest BCUT2D eigenvalue weighted by Gasteiger charge is 2.25. The van der Waals surface area contributed by atoms with Crippen molar-refractivity contribution in [2.75, 3.05) is 25.5 Å². The molecule has 2 aromatic rings. The smallest absolute Gasteiger partial charge is 0.437 e. The summed E-state index contributed by atoms with van der Waals surface area (Å²) in [5, 5.41) is 5.43. The molecule has 1 heterocycles. The maximum atomic E-state index is 12.7. The zero-order valence-corrected chi connectivity index (χ0v) is 25.1. The quantitative estimate of drug-likeness (QED) is 0.263. The van der Waals surface area contributed by atoms with E-state index in [-0.39, 0.29) is 11.9 Å². The second kappa shape index (κ2) is 13.3. The Kier molecular flexibility index (Phi) is 10.1. The topological polar surface area (TPSA) is 136 Å². The molecule has 3 rings (SSSR count). The van der Waals surface area contributed by atoms with E-state index in [9.17, 15) is 19.2 Å². The number of aldehydes is 1. The van der Waals surface area contributed by atoms with Crippen molar-refractivity contribution in [3.8, 4) is 5.75 Å². The number of hydrogen-bond acceptors (Lipinski definition) is 7. The van der Waals surface area contributed by atoms with E-state index in [1.807, 2.05) is 18.2 Å². The Labute approximate surface area is 245 Å². The monoisotopic (exact) mass is 578 g/mol. The van der Waals surface area contributed by atoms with Crippen molar-refractivity contribution in [2.24, 2.45) is 4.99 Å². The number of rotatable bonds is 5. The molecule has 0 unspecified atom stereocenters. The second-order valence-electron chi connectivity index (χ2n) is 11.6. The molecule has 42 heavy (non-hydrogen) atoms. The Balaban J connectivity index is 1.77. The molecule has 2 N–H and O–H groups in total. The molecule has 0 radical (unpaired) electrons. The van der Waals surface area contributed by atoms with E-state index < -0.39 is 23.4 Å². The van der Waals surface area contributed by atoms with Crippen LogP contribution in [0.15, 0.2) is 53.5 Å². The summed E-state index contributed by atoms with van der Waals surface area (Å²) in [5.74, 6) is 0.179. The number of nitrogens with zero attached hydrogens (tertiary/aromatic N) is 2. The first-order chi connectivity index (χ1) is 19.7. The summed E-state index contributed by atoms with van der Waals surface area (Å²) in [6.45, 7) is 11.2.